The van der Waals surface area contributed by atoms with Crippen LogP contribution in [0.1, 0.15) is 15.9 Å². The number of aromatic nitrogens is 3. The molecule has 3 rings (SSSR count). The Bertz CT molecular complexity index is 907. The molecule has 0 bridgehead atoms. The monoisotopic (exact) mass is 369 g/mol. The first-order valence-electron chi connectivity index (χ1n) is 8.10. The molecule has 134 valence electrons. The predicted octanol–water partition coefficient (Wildman–Crippen LogP) is 3.66. The number of carboxylic acids is 1. The molecule has 0 spiro atoms. The first-order chi connectivity index (χ1) is 12.5. The average molecular weight is 369 g/mol. The maximum atomic E-state index is 11.0. The van der Waals surface area contributed by atoms with E-state index in [0.717, 1.165) is 16.5 Å². The number of carboxylic acid groups (broad SMARTS) is 1. The summed E-state index contributed by atoms with van der Waals surface area (Å²) < 4.78 is 7.58. The summed E-state index contributed by atoms with van der Waals surface area (Å²) in [6, 6.07) is 14.6. The summed E-state index contributed by atoms with van der Waals surface area (Å²) >= 11 is 1.54. The molecule has 0 saturated carbocycles. The normalized spacial score (nSPS) is 10.7. The van der Waals surface area contributed by atoms with Crippen LogP contribution in [0, 0.1) is 6.92 Å². The topological polar surface area (TPSA) is 77.2 Å². The number of nitrogens with zero attached hydrogens (tertiary/aromatic N) is 3. The van der Waals surface area contributed by atoms with E-state index in [1.807, 2.05) is 30.7 Å². The van der Waals surface area contributed by atoms with Gasteiger partial charge >= 0.3 is 5.97 Å². The number of hydrogen-bond acceptors (Lipinski definition) is 5. The standard InChI is InChI=1S/C19H19N3O3S/c1-13-6-8-14(9-7-13)17-20-21-19(22(17)2)26-11-10-25-16-5-3-4-15(12-16)18(23)24/h3-9,12H,10-11H2,1-2H3,(H,23,24). The Balaban J connectivity index is 1.56. The maximum Gasteiger partial charge on any atom is 0.335 e. The average Bonchev–Trinajstić information content (AvgIpc) is 3.00. The second-order valence-corrected chi connectivity index (χ2v) is 6.82. The van der Waals surface area contributed by atoms with Crippen LogP contribution in [0.25, 0.3) is 11.4 Å². The third-order valence-electron chi connectivity index (χ3n) is 3.81. The van der Waals surface area contributed by atoms with Gasteiger partial charge in [-0.1, -0.05) is 47.7 Å². The van der Waals surface area contributed by atoms with Crippen LogP contribution in [0.5, 0.6) is 5.75 Å². The Kier molecular flexibility index (Phi) is 5.58. The zero-order chi connectivity index (χ0) is 18.5. The van der Waals surface area contributed by atoms with Gasteiger partial charge in [0.25, 0.3) is 0 Å². The second kappa shape index (κ2) is 8.05. The van der Waals surface area contributed by atoms with E-state index < -0.39 is 5.97 Å². The minimum atomic E-state index is -0.965. The van der Waals surface area contributed by atoms with E-state index in [-0.39, 0.29) is 5.56 Å². The van der Waals surface area contributed by atoms with E-state index in [1.165, 1.54) is 17.7 Å². The highest BCUT2D eigenvalue weighted by atomic mass is 32.2. The summed E-state index contributed by atoms with van der Waals surface area (Å²) in [4.78, 5) is 11.0. The highest BCUT2D eigenvalue weighted by Gasteiger charge is 2.11. The van der Waals surface area contributed by atoms with Gasteiger partial charge in [0, 0.05) is 18.4 Å². The Morgan fingerprint density at radius 2 is 1.96 bits per heavy atom. The lowest BCUT2D eigenvalue weighted by Gasteiger charge is -2.07. The number of thioether (sulfide) groups is 1. The molecule has 6 nitrogen and oxygen atoms in total. The van der Waals surface area contributed by atoms with Crippen molar-refractivity contribution < 1.29 is 14.6 Å². The highest BCUT2D eigenvalue weighted by molar-refractivity contribution is 7.99. The van der Waals surface area contributed by atoms with E-state index in [1.54, 1.807) is 23.9 Å². The molecule has 0 aliphatic rings. The summed E-state index contributed by atoms with van der Waals surface area (Å²) in [5.74, 6) is 1.08. The molecule has 1 N–H and O–H groups in total. The number of carbonyl (C=O) groups is 1. The lowest BCUT2D eigenvalue weighted by Crippen LogP contribution is -2.03. The van der Waals surface area contributed by atoms with Gasteiger partial charge in [-0.15, -0.1) is 10.2 Å². The summed E-state index contributed by atoms with van der Waals surface area (Å²) in [5, 5.41) is 18.3. The SMILES string of the molecule is Cc1ccc(-c2nnc(SCCOc3cccc(C(=O)O)c3)n2C)cc1. The largest absolute Gasteiger partial charge is 0.493 e. The van der Waals surface area contributed by atoms with E-state index in [9.17, 15) is 4.79 Å². The molecular weight excluding hydrogens is 350 g/mol. The third kappa shape index (κ3) is 4.23. The van der Waals surface area contributed by atoms with Crippen LogP contribution < -0.4 is 4.74 Å². The molecule has 0 fully saturated rings. The van der Waals surface area contributed by atoms with Crippen molar-refractivity contribution in [1.29, 1.82) is 0 Å². The van der Waals surface area contributed by atoms with E-state index in [2.05, 4.69) is 22.3 Å². The molecule has 0 aliphatic heterocycles. The molecule has 7 heteroatoms. The molecular formula is C19H19N3O3S. The summed E-state index contributed by atoms with van der Waals surface area (Å²) in [7, 11) is 1.94. The molecule has 0 aliphatic carbocycles. The van der Waals surface area contributed by atoms with Crippen LogP contribution in [-0.2, 0) is 7.05 Å². The van der Waals surface area contributed by atoms with Crippen LogP contribution in [0.2, 0.25) is 0 Å². The lowest BCUT2D eigenvalue weighted by atomic mass is 10.1. The van der Waals surface area contributed by atoms with Crippen molar-refractivity contribution in [2.24, 2.45) is 7.05 Å². The molecule has 1 aromatic heterocycles. The Hall–Kier alpha value is -2.80. The van der Waals surface area contributed by atoms with Gasteiger partial charge in [-0.05, 0) is 25.1 Å². The highest BCUT2D eigenvalue weighted by Crippen LogP contribution is 2.23. The van der Waals surface area contributed by atoms with Gasteiger partial charge in [-0.2, -0.15) is 0 Å². The zero-order valence-electron chi connectivity index (χ0n) is 14.5. The summed E-state index contributed by atoms with van der Waals surface area (Å²) in [5.41, 5.74) is 2.44. The van der Waals surface area contributed by atoms with Crippen molar-refractivity contribution in [3.63, 3.8) is 0 Å². The fourth-order valence-electron chi connectivity index (χ4n) is 2.41. The van der Waals surface area contributed by atoms with Crippen molar-refractivity contribution in [1.82, 2.24) is 14.8 Å². The van der Waals surface area contributed by atoms with Crippen molar-refractivity contribution in [2.45, 2.75) is 12.1 Å². The van der Waals surface area contributed by atoms with Gasteiger partial charge in [0.1, 0.15) is 5.75 Å². The summed E-state index contributed by atoms with van der Waals surface area (Å²) in [6.45, 7) is 2.49. The minimum Gasteiger partial charge on any atom is -0.493 e. The van der Waals surface area contributed by atoms with Crippen molar-refractivity contribution in [3.8, 4) is 17.1 Å². The number of aryl methyl sites for hydroxylation is 1. The van der Waals surface area contributed by atoms with Gasteiger partial charge in [0.15, 0.2) is 11.0 Å². The van der Waals surface area contributed by atoms with Gasteiger partial charge in [-0.25, -0.2) is 4.79 Å². The Morgan fingerprint density at radius 1 is 1.19 bits per heavy atom. The number of rotatable bonds is 7. The number of benzene rings is 2. The summed E-state index contributed by atoms with van der Waals surface area (Å²) in [6.07, 6.45) is 0. The molecule has 2 aromatic carbocycles. The molecule has 1 heterocycles. The number of aromatic carboxylic acids is 1. The number of ether oxygens (including phenoxy) is 1. The molecule has 0 atom stereocenters. The Labute approximate surface area is 155 Å². The van der Waals surface area contributed by atoms with Crippen LogP contribution in [-0.4, -0.2) is 38.2 Å². The predicted molar refractivity (Wildman–Crippen MR) is 101 cm³/mol. The van der Waals surface area contributed by atoms with Gasteiger partial charge < -0.3 is 14.4 Å². The van der Waals surface area contributed by atoms with Crippen LogP contribution >= 0.6 is 11.8 Å². The van der Waals surface area contributed by atoms with Crippen molar-refractivity contribution >= 4 is 17.7 Å². The molecule has 0 radical (unpaired) electrons. The maximum absolute atomic E-state index is 11.0. The minimum absolute atomic E-state index is 0.214. The molecule has 0 saturated heterocycles. The van der Waals surface area contributed by atoms with Crippen molar-refractivity contribution in [2.75, 3.05) is 12.4 Å². The van der Waals surface area contributed by atoms with E-state index in [4.69, 9.17) is 9.84 Å². The van der Waals surface area contributed by atoms with Gasteiger partial charge in [0.2, 0.25) is 0 Å². The molecule has 0 unspecified atom stereocenters. The molecule has 26 heavy (non-hydrogen) atoms. The first-order valence-corrected chi connectivity index (χ1v) is 9.08. The fourth-order valence-corrected chi connectivity index (χ4v) is 3.13. The Morgan fingerprint density at radius 3 is 2.69 bits per heavy atom. The molecule has 0 amide bonds. The smallest absolute Gasteiger partial charge is 0.335 e. The van der Waals surface area contributed by atoms with Crippen LogP contribution in [0.3, 0.4) is 0 Å². The van der Waals surface area contributed by atoms with Crippen molar-refractivity contribution in [3.05, 3.63) is 59.7 Å². The van der Waals surface area contributed by atoms with Gasteiger partial charge in [-0.3, -0.25) is 0 Å². The number of hydrogen-bond donors (Lipinski definition) is 1. The van der Waals surface area contributed by atoms with Crippen LogP contribution in [0.4, 0.5) is 0 Å². The van der Waals surface area contributed by atoms with Crippen LogP contribution in [0.15, 0.2) is 53.7 Å². The third-order valence-corrected chi connectivity index (χ3v) is 4.79. The van der Waals surface area contributed by atoms with E-state index in [0.29, 0.717) is 18.1 Å². The second-order valence-electron chi connectivity index (χ2n) is 5.76. The van der Waals surface area contributed by atoms with Gasteiger partial charge in [0.05, 0.1) is 12.2 Å². The first kappa shape index (κ1) is 18.0. The lowest BCUT2D eigenvalue weighted by molar-refractivity contribution is 0.0696. The van der Waals surface area contributed by atoms with E-state index >= 15 is 0 Å². The molecule has 3 aromatic rings. The zero-order valence-corrected chi connectivity index (χ0v) is 15.4. The quantitative estimate of drug-likeness (QED) is 0.506. The fraction of sp³-hybridized carbons (Fsp3) is 0.211.